The van der Waals surface area contributed by atoms with Gasteiger partial charge in [-0.05, 0) is 14.1 Å². The average molecular weight is 236 g/mol. The summed E-state index contributed by atoms with van der Waals surface area (Å²) in [5.74, 6) is 0.577. The first-order valence-electron chi connectivity index (χ1n) is 4.56. The third-order valence-electron chi connectivity index (χ3n) is 1.99. The van der Waals surface area contributed by atoms with Crippen LogP contribution in [0.4, 0.5) is 0 Å². The van der Waals surface area contributed by atoms with Crippen LogP contribution in [-0.4, -0.2) is 41.2 Å². The first kappa shape index (κ1) is 11.8. The molecule has 1 heterocycles. The maximum atomic E-state index is 5.98. The molecule has 80 valence electrons. The Labute approximate surface area is 94.6 Å². The van der Waals surface area contributed by atoms with Crippen LogP contribution in [0.15, 0.2) is 6.20 Å². The molecular weight excluding hydrogens is 221 g/mol. The first-order chi connectivity index (χ1) is 6.65. The van der Waals surface area contributed by atoms with Crippen LogP contribution in [0.1, 0.15) is 5.69 Å². The molecule has 1 rings (SSSR count). The Morgan fingerprint density at radius 2 is 2.21 bits per heavy atom. The summed E-state index contributed by atoms with van der Waals surface area (Å²) in [7, 11) is 4.07. The minimum atomic E-state index is 0.577. The van der Waals surface area contributed by atoms with Gasteiger partial charge in [0.2, 0.25) is 0 Å². The molecule has 0 amide bonds. The number of halogens is 2. The Morgan fingerprint density at radius 3 is 2.79 bits per heavy atom. The van der Waals surface area contributed by atoms with Gasteiger partial charge in [0.1, 0.15) is 0 Å². The molecule has 1 aromatic heterocycles. The van der Waals surface area contributed by atoms with Crippen LogP contribution in [0, 0.1) is 0 Å². The summed E-state index contributed by atoms with van der Waals surface area (Å²) in [6, 6.07) is 0. The van der Waals surface area contributed by atoms with Gasteiger partial charge in [0.25, 0.3) is 0 Å². The van der Waals surface area contributed by atoms with E-state index in [4.69, 9.17) is 23.2 Å². The SMILES string of the molecule is CN(C)CCn1ncc(Cl)c1CCCl. The van der Waals surface area contributed by atoms with E-state index in [9.17, 15) is 0 Å². The summed E-state index contributed by atoms with van der Waals surface area (Å²) in [6.45, 7) is 1.80. The third kappa shape index (κ3) is 3.15. The van der Waals surface area contributed by atoms with Crippen LogP contribution < -0.4 is 0 Å². The molecule has 0 atom stereocenters. The minimum Gasteiger partial charge on any atom is -0.308 e. The molecule has 0 unspecified atom stereocenters. The Morgan fingerprint density at radius 1 is 1.50 bits per heavy atom. The van der Waals surface area contributed by atoms with E-state index in [0.29, 0.717) is 10.9 Å². The molecular formula is C9H15Cl2N3. The second-order valence-electron chi connectivity index (χ2n) is 3.40. The zero-order valence-corrected chi connectivity index (χ0v) is 10.0. The van der Waals surface area contributed by atoms with E-state index in [1.165, 1.54) is 0 Å². The molecule has 14 heavy (non-hydrogen) atoms. The standard InChI is InChI=1S/C9H15Cl2N3/c1-13(2)5-6-14-9(3-4-10)8(11)7-12-14/h7H,3-6H2,1-2H3. The summed E-state index contributed by atoms with van der Waals surface area (Å²) < 4.78 is 1.92. The molecule has 0 radical (unpaired) electrons. The highest BCUT2D eigenvalue weighted by Gasteiger charge is 2.07. The maximum absolute atomic E-state index is 5.98. The second-order valence-corrected chi connectivity index (χ2v) is 4.19. The van der Waals surface area contributed by atoms with Crippen molar-refractivity contribution in [1.82, 2.24) is 14.7 Å². The summed E-state index contributed by atoms with van der Waals surface area (Å²) in [4.78, 5) is 2.11. The average Bonchev–Trinajstić information content (AvgIpc) is 2.46. The summed E-state index contributed by atoms with van der Waals surface area (Å²) in [5.41, 5.74) is 1.03. The van der Waals surface area contributed by atoms with Crippen molar-refractivity contribution >= 4 is 23.2 Å². The van der Waals surface area contributed by atoms with Crippen molar-refractivity contribution in [2.75, 3.05) is 26.5 Å². The van der Waals surface area contributed by atoms with Gasteiger partial charge >= 0.3 is 0 Å². The molecule has 0 aliphatic heterocycles. The van der Waals surface area contributed by atoms with Gasteiger partial charge in [-0.15, -0.1) is 11.6 Å². The monoisotopic (exact) mass is 235 g/mol. The number of likely N-dealkylation sites (N-methyl/N-ethyl adjacent to an activating group) is 1. The fourth-order valence-electron chi connectivity index (χ4n) is 1.21. The highest BCUT2D eigenvalue weighted by molar-refractivity contribution is 6.31. The lowest BCUT2D eigenvalue weighted by Gasteiger charge is -2.11. The molecule has 0 aliphatic rings. The molecule has 0 aromatic carbocycles. The Balaban J connectivity index is 2.65. The Hall–Kier alpha value is -0.250. The molecule has 0 bridgehead atoms. The number of rotatable bonds is 5. The van der Waals surface area contributed by atoms with E-state index in [1.807, 2.05) is 18.8 Å². The Bertz CT molecular complexity index is 284. The van der Waals surface area contributed by atoms with Crippen LogP contribution in [-0.2, 0) is 13.0 Å². The van der Waals surface area contributed by atoms with Crippen LogP contribution in [0.2, 0.25) is 5.02 Å². The number of nitrogens with zero attached hydrogens (tertiary/aromatic N) is 3. The van der Waals surface area contributed by atoms with E-state index >= 15 is 0 Å². The van der Waals surface area contributed by atoms with Gasteiger partial charge in [-0.25, -0.2) is 0 Å². The van der Waals surface area contributed by atoms with Crippen molar-refractivity contribution < 1.29 is 0 Å². The first-order valence-corrected chi connectivity index (χ1v) is 5.47. The highest BCUT2D eigenvalue weighted by atomic mass is 35.5. The zero-order valence-electron chi connectivity index (χ0n) is 8.50. The smallest absolute Gasteiger partial charge is 0.0818 e. The van der Waals surface area contributed by atoms with Crippen molar-refractivity contribution in [2.24, 2.45) is 0 Å². The molecule has 0 fully saturated rings. The molecule has 0 saturated heterocycles. The number of hydrogen-bond acceptors (Lipinski definition) is 2. The van der Waals surface area contributed by atoms with E-state index in [0.717, 1.165) is 25.2 Å². The van der Waals surface area contributed by atoms with Gasteiger partial charge in [-0.2, -0.15) is 5.10 Å². The van der Waals surface area contributed by atoms with E-state index < -0.39 is 0 Å². The van der Waals surface area contributed by atoms with Crippen molar-refractivity contribution in [3.05, 3.63) is 16.9 Å². The van der Waals surface area contributed by atoms with Crippen molar-refractivity contribution in [3.8, 4) is 0 Å². The molecule has 0 saturated carbocycles. The van der Waals surface area contributed by atoms with Gasteiger partial charge in [-0.3, -0.25) is 4.68 Å². The third-order valence-corrected chi connectivity index (χ3v) is 2.49. The van der Waals surface area contributed by atoms with E-state index in [2.05, 4.69) is 10.00 Å². The normalized spacial score (nSPS) is 11.2. The topological polar surface area (TPSA) is 21.1 Å². The van der Waals surface area contributed by atoms with Gasteiger partial charge < -0.3 is 4.90 Å². The van der Waals surface area contributed by atoms with Gasteiger partial charge in [0, 0.05) is 18.8 Å². The van der Waals surface area contributed by atoms with Gasteiger partial charge in [0.15, 0.2) is 0 Å². The number of aromatic nitrogens is 2. The molecule has 0 N–H and O–H groups in total. The lowest BCUT2D eigenvalue weighted by Crippen LogP contribution is -2.20. The fourth-order valence-corrected chi connectivity index (χ4v) is 1.63. The van der Waals surface area contributed by atoms with Gasteiger partial charge in [0.05, 0.1) is 23.5 Å². The van der Waals surface area contributed by atoms with Crippen molar-refractivity contribution in [2.45, 2.75) is 13.0 Å². The predicted octanol–water partition coefficient (Wildman–Crippen LogP) is 1.88. The molecule has 0 aliphatic carbocycles. The fraction of sp³-hybridized carbons (Fsp3) is 0.667. The molecule has 3 nitrogen and oxygen atoms in total. The molecule has 1 aromatic rings. The summed E-state index contributed by atoms with van der Waals surface area (Å²) in [5, 5.41) is 4.92. The van der Waals surface area contributed by atoms with Crippen molar-refractivity contribution in [3.63, 3.8) is 0 Å². The van der Waals surface area contributed by atoms with Crippen LogP contribution >= 0.6 is 23.2 Å². The minimum absolute atomic E-state index is 0.577. The van der Waals surface area contributed by atoms with Crippen LogP contribution in [0.5, 0.6) is 0 Å². The second kappa shape index (κ2) is 5.59. The van der Waals surface area contributed by atoms with E-state index in [1.54, 1.807) is 6.20 Å². The number of alkyl halides is 1. The summed E-state index contributed by atoms with van der Waals surface area (Å²) in [6.07, 6.45) is 2.45. The van der Waals surface area contributed by atoms with Crippen molar-refractivity contribution in [1.29, 1.82) is 0 Å². The number of hydrogen-bond donors (Lipinski definition) is 0. The Kier molecular flexibility index (Phi) is 4.72. The predicted molar refractivity (Wildman–Crippen MR) is 60.2 cm³/mol. The lowest BCUT2D eigenvalue weighted by molar-refractivity contribution is 0.370. The summed E-state index contributed by atoms with van der Waals surface area (Å²) >= 11 is 11.7. The molecule has 5 heteroatoms. The van der Waals surface area contributed by atoms with E-state index in [-0.39, 0.29) is 0 Å². The van der Waals surface area contributed by atoms with Gasteiger partial charge in [-0.1, -0.05) is 11.6 Å². The zero-order chi connectivity index (χ0) is 10.6. The van der Waals surface area contributed by atoms with Crippen LogP contribution in [0.25, 0.3) is 0 Å². The quantitative estimate of drug-likeness (QED) is 0.728. The highest BCUT2D eigenvalue weighted by Crippen LogP contribution is 2.15. The molecule has 0 spiro atoms. The lowest BCUT2D eigenvalue weighted by atomic mass is 10.3. The van der Waals surface area contributed by atoms with Crippen LogP contribution in [0.3, 0.4) is 0 Å². The maximum Gasteiger partial charge on any atom is 0.0818 e. The largest absolute Gasteiger partial charge is 0.308 e.